The molecule has 7 nitrogen and oxygen atoms in total. The second-order valence-electron chi connectivity index (χ2n) is 11.9. The minimum absolute atomic E-state index is 0.178. The highest BCUT2D eigenvalue weighted by atomic mass is 16.4. The molecule has 0 aromatic heterocycles. The van der Waals surface area contributed by atoms with Crippen LogP contribution in [0, 0.1) is 0 Å². The highest BCUT2D eigenvalue weighted by molar-refractivity contribution is 5.79. The Kier molecular flexibility index (Phi) is 19.7. The lowest BCUT2D eigenvalue weighted by Gasteiger charge is -2.28. The Balaban J connectivity index is 0.00000131. The normalized spacial score (nSPS) is 17.4. The predicted octanol–water partition coefficient (Wildman–Crippen LogP) is 6.36. The number of carboxylic acids is 2. The number of carboxylic acid groups (broad SMARTS) is 2. The van der Waals surface area contributed by atoms with Crippen LogP contribution in [0.25, 0.3) is 0 Å². The van der Waals surface area contributed by atoms with Gasteiger partial charge in [0, 0.05) is 6.42 Å². The first-order chi connectivity index (χ1) is 17.0. The quantitative estimate of drug-likeness (QED) is 0.138. The largest absolute Gasteiger partial charge is 0.477 e. The zero-order chi connectivity index (χ0) is 27.3. The summed E-state index contributed by atoms with van der Waals surface area (Å²) >= 11 is 0. The number of nitrogens with zero attached hydrogens (tertiary/aromatic N) is 3. The first-order valence-corrected chi connectivity index (χ1v) is 14.6. The van der Waals surface area contributed by atoms with Crippen LogP contribution >= 0.6 is 0 Å². The van der Waals surface area contributed by atoms with Gasteiger partial charge in [-0.3, -0.25) is 4.48 Å². The summed E-state index contributed by atoms with van der Waals surface area (Å²) in [5, 5.41) is 17.3. The molecule has 212 valence electrons. The van der Waals surface area contributed by atoms with Crippen molar-refractivity contribution in [3.8, 4) is 0 Å². The molecule has 7 heteroatoms. The third-order valence-corrected chi connectivity index (χ3v) is 6.86. The highest BCUT2D eigenvalue weighted by Crippen LogP contribution is 2.18. The van der Waals surface area contributed by atoms with E-state index in [1.54, 1.807) is 0 Å². The van der Waals surface area contributed by atoms with Crippen molar-refractivity contribution in [1.82, 2.24) is 0 Å². The van der Waals surface area contributed by atoms with E-state index in [2.05, 4.69) is 11.9 Å². The predicted molar refractivity (Wildman–Crippen MR) is 151 cm³/mol. The van der Waals surface area contributed by atoms with Gasteiger partial charge in [-0.25, -0.2) is 14.6 Å². The SMILES string of the molecule is CCCCCCCCCCCCCCCCCCC1=NCC[N+]1(C)CC(=O)O.C[N+](C)(C)CC(=O)O. The van der Waals surface area contributed by atoms with Crippen molar-refractivity contribution in [3.63, 3.8) is 0 Å². The molecule has 1 unspecified atom stereocenters. The third-order valence-electron chi connectivity index (χ3n) is 6.86. The first kappa shape index (κ1) is 34.5. The Morgan fingerprint density at radius 2 is 1.17 bits per heavy atom. The lowest BCUT2D eigenvalue weighted by molar-refractivity contribution is -0.862. The molecule has 1 aliphatic heterocycles. The molecule has 1 atom stereocenters. The number of aliphatic imine (C=N–C) groups is 1. The van der Waals surface area contributed by atoms with E-state index in [4.69, 9.17) is 10.2 Å². The van der Waals surface area contributed by atoms with Crippen molar-refractivity contribution in [2.45, 2.75) is 116 Å². The maximum absolute atomic E-state index is 11.1. The van der Waals surface area contributed by atoms with Crippen LogP contribution in [0.4, 0.5) is 0 Å². The van der Waals surface area contributed by atoms with Gasteiger partial charge in [-0.15, -0.1) is 0 Å². The van der Waals surface area contributed by atoms with Crippen LogP contribution < -0.4 is 0 Å². The van der Waals surface area contributed by atoms with E-state index in [-0.39, 0.29) is 13.1 Å². The molecule has 0 bridgehead atoms. The van der Waals surface area contributed by atoms with Crippen LogP contribution in [0.3, 0.4) is 0 Å². The summed E-state index contributed by atoms with van der Waals surface area (Å²) in [7, 11) is 7.54. The number of amidine groups is 1. The smallest absolute Gasteiger partial charge is 0.359 e. The molecule has 1 rings (SSSR count). The van der Waals surface area contributed by atoms with Crippen molar-refractivity contribution in [1.29, 1.82) is 0 Å². The van der Waals surface area contributed by atoms with Crippen molar-refractivity contribution in [2.75, 3.05) is 54.4 Å². The van der Waals surface area contributed by atoms with Gasteiger partial charge in [0.05, 0.1) is 34.7 Å². The van der Waals surface area contributed by atoms with Gasteiger partial charge in [0.25, 0.3) is 0 Å². The van der Waals surface area contributed by atoms with Crippen molar-refractivity contribution < 1.29 is 28.8 Å². The summed E-state index contributed by atoms with van der Waals surface area (Å²) in [4.78, 5) is 25.6. The molecule has 0 spiro atoms. The van der Waals surface area contributed by atoms with E-state index in [9.17, 15) is 9.59 Å². The molecule has 0 radical (unpaired) electrons. The standard InChI is InChI=1S/C24H46N2O2.C5H11NO2/c1-3-4-5-6-7-8-9-10-11-12-13-14-15-16-17-18-19-23-25-20-21-26(23,2)22-24(27)28;1-6(2,3)4-5(7)8/h3-22H2,1-2H3;4H2,1-3H3/p+2. The van der Waals surface area contributed by atoms with E-state index >= 15 is 0 Å². The van der Waals surface area contributed by atoms with E-state index in [0.29, 0.717) is 8.97 Å². The first-order valence-electron chi connectivity index (χ1n) is 14.6. The maximum Gasteiger partial charge on any atom is 0.359 e. The number of hydrogen-bond acceptors (Lipinski definition) is 3. The topological polar surface area (TPSA) is 87.0 Å². The molecule has 0 fully saturated rings. The molecule has 0 aromatic rings. The lowest BCUT2D eigenvalue weighted by atomic mass is 10.0. The van der Waals surface area contributed by atoms with Gasteiger partial charge >= 0.3 is 11.9 Å². The summed E-state index contributed by atoms with van der Waals surface area (Å²) in [6.45, 7) is 4.28. The second-order valence-corrected chi connectivity index (χ2v) is 11.9. The van der Waals surface area contributed by atoms with Gasteiger partial charge in [0.1, 0.15) is 6.54 Å². The minimum atomic E-state index is -0.752. The zero-order valence-electron chi connectivity index (χ0n) is 24.4. The summed E-state index contributed by atoms with van der Waals surface area (Å²) in [5.74, 6) is -0.366. The monoisotopic (exact) mass is 513 g/mol. The Bertz CT molecular complexity index is 616. The van der Waals surface area contributed by atoms with Gasteiger partial charge in [-0.1, -0.05) is 103 Å². The van der Waals surface area contributed by atoms with Crippen LogP contribution in [0.5, 0.6) is 0 Å². The van der Waals surface area contributed by atoms with Gasteiger partial charge < -0.3 is 14.7 Å². The number of aliphatic carboxylic acids is 2. The number of likely N-dealkylation sites (N-methyl/N-ethyl adjacent to an activating group) is 2. The molecule has 0 saturated carbocycles. The maximum atomic E-state index is 11.1. The average Bonchev–Trinajstić information content (AvgIpc) is 3.11. The molecule has 0 saturated heterocycles. The summed E-state index contributed by atoms with van der Waals surface area (Å²) in [6.07, 6.45) is 23.1. The molecule has 1 aliphatic rings. The molecular formula is C29H59N3O4+2. The van der Waals surface area contributed by atoms with Crippen LogP contribution in [0.15, 0.2) is 4.99 Å². The molecule has 0 amide bonds. The van der Waals surface area contributed by atoms with Gasteiger partial charge in [0.2, 0.25) is 0 Å². The summed E-state index contributed by atoms with van der Waals surface area (Å²) in [6, 6.07) is 0. The summed E-state index contributed by atoms with van der Waals surface area (Å²) in [5.41, 5.74) is 0. The fourth-order valence-corrected chi connectivity index (χ4v) is 4.75. The van der Waals surface area contributed by atoms with Gasteiger partial charge in [-0.05, 0) is 6.42 Å². The van der Waals surface area contributed by atoms with E-state index < -0.39 is 11.9 Å². The van der Waals surface area contributed by atoms with E-state index in [0.717, 1.165) is 31.8 Å². The van der Waals surface area contributed by atoms with Crippen LogP contribution in [0.1, 0.15) is 116 Å². The van der Waals surface area contributed by atoms with Crippen LogP contribution in [-0.2, 0) is 9.59 Å². The molecular weight excluding hydrogens is 454 g/mol. The number of rotatable bonds is 21. The molecule has 0 aromatic carbocycles. The molecule has 0 aliphatic carbocycles. The average molecular weight is 514 g/mol. The van der Waals surface area contributed by atoms with Crippen molar-refractivity contribution >= 4 is 17.8 Å². The van der Waals surface area contributed by atoms with Crippen molar-refractivity contribution in [2.24, 2.45) is 4.99 Å². The number of unbranched alkanes of at least 4 members (excludes halogenated alkanes) is 15. The van der Waals surface area contributed by atoms with Gasteiger partial charge in [-0.2, -0.15) is 0 Å². The summed E-state index contributed by atoms with van der Waals surface area (Å²) < 4.78 is 1.00. The second kappa shape index (κ2) is 20.6. The van der Waals surface area contributed by atoms with Gasteiger partial charge in [0.15, 0.2) is 18.9 Å². The minimum Gasteiger partial charge on any atom is -0.477 e. The van der Waals surface area contributed by atoms with Crippen molar-refractivity contribution in [3.05, 3.63) is 0 Å². The van der Waals surface area contributed by atoms with Crippen LogP contribution in [-0.4, -0.2) is 91.3 Å². The molecule has 36 heavy (non-hydrogen) atoms. The molecule has 1 heterocycles. The van der Waals surface area contributed by atoms with Crippen LogP contribution in [0.2, 0.25) is 0 Å². The Morgan fingerprint density at radius 3 is 1.50 bits per heavy atom. The lowest BCUT2D eigenvalue weighted by Crippen LogP contribution is -2.50. The third kappa shape index (κ3) is 20.7. The number of hydrogen-bond donors (Lipinski definition) is 2. The fourth-order valence-electron chi connectivity index (χ4n) is 4.75. The Labute approximate surface area is 222 Å². The molecule has 2 N–H and O–H groups in total. The zero-order valence-corrected chi connectivity index (χ0v) is 24.4. The fraction of sp³-hybridized carbons (Fsp3) is 0.897. The Hall–Kier alpha value is -1.47. The van der Waals surface area contributed by atoms with E-state index in [1.807, 2.05) is 28.2 Å². The number of quaternary nitrogens is 2. The number of carbonyl (C=O) groups is 2. The highest BCUT2D eigenvalue weighted by Gasteiger charge is 2.35. The Morgan fingerprint density at radius 1 is 0.750 bits per heavy atom. The van der Waals surface area contributed by atoms with E-state index in [1.165, 1.54) is 96.3 Å².